The predicted octanol–water partition coefficient (Wildman–Crippen LogP) is -0.815. The SMILES string of the molecule is Cc1ncc2c(n1)NS(=O)(=O)NC2=O. The number of anilines is 1. The first kappa shape index (κ1) is 8.88. The Balaban J connectivity index is 2.62. The van der Waals surface area contributed by atoms with Crippen molar-refractivity contribution in [1.82, 2.24) is 14.7 Å². The van der Waals surface area contributed by atoms with E-state index in [1.54, 1.807) is 11.6 Å². The van der Waals surface area contributed by atoms with E-state index in [9.17, 15) is 13.2 Å². The van der Waals surface area contributed by atoms with E-state index >= 15 is 0 Å². The van der Waals surface area contributed by atoms with E-state index in [0.717, 1.165) is 0 Å². The highest BCUT2D eigenvalue weighted by molar-refractivity contribution is 7.91. The Bertz CT molecular complexity index is 510. The van der Waals surface area contributed by atoms with Gasteiger partial charge in [0.15, 0.2) is 5.82 Å². The summed E-state index contributed by atoms with van der Waals surface area (Å²) >= 11 is 0. The zero-order chi connectivity index (χ0) is 10.3. The van der Waals surface area contributed by atoms with Crippen molar-refractivity contribution in [1.29, 1.82) is 0 Å². The number of rotatable bonds is 0. The molecule has 2 rings (SSSR count). The van der Waals surface area contributed by atoms with Crippen molar-refractivity contribution < 1.29 is 13.2 Å². The lowest BCUT2D eigenvalue weighted by Crippen LogP contribution is -2.40. The quantitative estimate of drug-likeness (QED) is 0.588. The highest BCUT2D eigenvalue weighted by Gasteiger charge is 2.27. The normalized spacial score (nSPS) is 17.9. The van der Waals surface area contributed by atoms with Gasteiger partial charge in [0.25, 0.3) is 5.91 Å². The highest BCUT2D eigenvalue weighted by atomic mass is 32.2. The van der Waals surface area contributed by atoms with Crippen molar-refractivity contribution in [2.24, 2.45) is 0 Å². The topological polar surface area (TPSA) is 101 Å². The number of carbonyl (C=O) groups is 1. The van der Waals surface area contributed by atoms with E-state index in [0.29, 0.717) is 5.82 Å². The first-order valence-corrected chi connectivity index (χ1v) is 5.15. The van der Waals surface area contributed by atoms with Crippen LogP contribution >= 0.6 is 0 Å². The standard InChI is InChI=1S/C6H6N4O3S/c1-3-7-2-4-5(8-3)9-14(12,13)10-6(4)11/h2H,1H3,(H,10,11)(H,7,8,9). The number of aryl methyl sites for hydroxylation is 1. The molecule has 1 aliphatic rings. The predicted molar refractivity (Wildman–Crippen MR) is 46.8 cm³/mol. The summed E-state index contributed by atoms with van der Waals surface area (Å²) in [7, 11) is -3.80. The Kier molecular flexibility index (Phi) is 1.68. The summed E-state index contributed by atoms with van der Waals surface area (Å²) in [5.41, 5.74) is 0.116. The molecule has 1 aromatic heterocycles. The van der Waals surface area contributed by atoms with Crippen molar-refractivity contribution in [3.05, 3.63) is 17.6 Å². The van der Waals surface area contributed by atoms with Gasteiger partial charge in [-0.2, -0.15) is 8.42 Å². The van der Waals surface area contributed by atoms with Gasteiger partial charge < -0.3 is 0 Å². The molecule has 0 unspecified atom stereocenters. The van der Waals surface area contributed by atoms with Crippen LogP contribution in [0.2, 0.25) is 0 Å². The zero-order valence-electron chi connectivity index (χ0n) is 7.10. The molecule has 0 aromatic carbocycles. The molecule has 0 saturated carbocycles. The number of fused-ring (bicyclic) bond motifs is 1. The minimum Gasteiger partial charge on any atom is -0.268 e. The summed E-state index contributed by atoms with van der Waals surface area (Å²) in [6.07, 6.45) is 1.27. The number of nitrogens with zero attached hydrogens (tertiary/aromatic N) is 2. The number of hydrogen-bond donors (Lipinski definition) is 2. The monoisotopic (exact) mass is 214 g/mol. The van der Waals surface area contributed by atoms with E-state index in [4.69, 9.17) is 0 Å². The Labute approximate surface area is 79.8 Å². The number of nitrogens with one attached hydrogen (secondary N) is 2. The van der Waals surface area contributed by atoms with Crippen LogP contribution in [0.4, 0.5) is 5.82 Å². The molecule has 0 saturated heterocycles. The molecular formula is C6H6N4O3S. The third-order valence-corrected chi connectivity index (χ3v) is 2.53. The van der Waals surface area contributed by atoms with Crippen LogP contribution in [0.3, 0.4) is 0 Å². The fraction of sp³-hybridized carbons (Fsp3) is 0.167. The molecule has 0 fully saturated rings. The summed E-state index contributed by atoms with van der Waals surface area (Å²) in [6.45, 7) is 1.60. The Morgan fingerprint density at radius 1 is 1.36 bits per heavy atom. The summed E-state index contributed by atoms with van der Waals surface area (Å²) in [5.74, 6) is -0.318. The van der Waals surface area contributed by atoms with Gasteiger partial charge in [-0.3, -0.25) is 4.79 Å². The summed E-state index contributed by atoms with van der Waals surface area (Å²) in [4.78, 5) is 18.8. The van der Waals surface area contributed by atoms with E-state index in [1.807, 2.05) is 0 Å². The van der Waals surface area contributed by atoms with Crippen molar-refractivity contribution in [3.8, 4) is 0 Å². The second kappa shape index (κ2) is 2.64. The molecule has 14 heavy (non-hydrogen) atoms. The molecule has 0 radical (unpaired) electrons. The van der Waals surface area contributed by atoms with Gasteiger partial charge in [0.1, 0.15) is 11.4 Å². The number of aromatic nitrogens is 2. The van der Waals surface area contributed by atoms with Crippen LogP contribution in [-0.4, -0.2) is 24.3 Å². The van der Waals surface area contributed by atoms with Crippen molar-refractivity contribution in [2.45, 2.75) is 6.92 Å². The Hall–Kier alpha value is -1.70. The maximum absolute atomic E-state index is 11.2. The van der Waals surface area contributed by atoms with E-state index in [1.165, 1.54) is 6.20 Å². The molecule has 2 heterocycles. The lowest BCUT2D eigenvalue weighted by molar-refractivity contribution is 0.0980. The summed E-state index contributed by atoms with van der Waals surface area (Å²) in [6, 6.07) is 0. The molecule has 8 heteroatoms. The Morgan fingerprint density at radius 3 is 2.79 bits per heavy atom. The van der Waals surface area contributed by atoms with Crippen molar-refractivity contribution in [2.75, 3.05) is 4.72 Å². The van der Waals surface area contributed by atoms with Gasteiger partial charge in [-0.1, -0.05) is 0 Å². The van der Waals surface area contributed by atoms with Crippen LogP contribution < -0.4 is 9.44 Å². The van der Waals surface area contributed by atoms with Crippen LogP contribution in [-0.2, 0) is 10.2 Å². The Morgan fingerprint density at radius 2 is 2.07 bits per heavy atom. The van der Waals surface area contributed by atoms with Crippen LogP contribution in [0.5, 0.6) is 0 Å². The van der Waals surface area contributed by atoms with Gasteiger partial charge in [0.2, 0.25) is 0 Å². The van der Waals surface area contributed by atoms with E-state index in [-0.39, 0.29) is 11.4 Å². The van der Waals surface area contributed by atoms with Crippen LogP contribution in [0.1, 0.15) is 16.2 Å². The summed E-state index contributed by atoms with van der Waals surface area (Å²) < 4.78 is 25.9. The van der Waals surface area contributed by atoms with Crippen LogP contribution in [0.25, 0.3) is 0 Å². The van der Waals surface area contributed by atoms with Crippen LogP contribution in [0.15, 0.2) is 6.20 Å². The number of amides is 1. The molecule has 0 spiro atoms. The van der Waals surface area contributed by atoms with Gasteiger partial charge in [-0.05, 0) is 6.92 Å². The molecule has 7 nitrogen and oxygen atoms in total. The maximum atomic E-state index is 11.2. The molecule has 0 bridgehead atoms. The van der Waals surface area contributed by atoms with Gasteiger partial charge in [0, 0.05) is 6.20 Å². The van der Waals surface area contributed by atoms with Crippen molar-refractivity contribution in [3.63, 3.8) is 0 Å². The zero-order valence-corrected chi connectivity index (χ0v) is 7.92. The minimum absolute atomic E-state index is 0.0150. The van der Waals surface area contributed by atoms with Crippen molar-refractivity contribution >= 4 is 21.9 Å². The fourth-order valence-electron chi connectivity index (χ4n) is 1.04. The van der Waals surface area contributed by atoms with Gasteiger partial charge >= 0.3 is 10.2 Å². The highest BCUT2D eigenvalue weighted by Crippen LogP contribution is 2.16. The van der Waals surface area contributed by atoms with E-state index < -0.39 is 16.1 Å². The largest absolute Gasteiger partial charge is 0.325 e. The molecule has 1 aromatic rings. The fourth-order valence-corrected chi connectivity index (χ4v) is 1.86. The molecule has 74 valence electrons. The third-order valence-electron chi connectivity index (χ3n) is 1.61. The van der Waals surface area contributed by atoms with Gasteiger partial charge in [0.05, 0.1) is 0 Å². The minimum atomic E-state index is -3.80. The summed E-state index contributed by atoms with van der Waals surface area (Å²) in [5, 5.41) is 0. The first-order chi connectivity index (χ1) is 6.48. The maximum Gasteiger partial charge on any atom is 0.325 e. The molecule has 1 aliphatic heterocycles. The lowest BCUT2D eigenvalue weighted by atomic mass is 10.3. The average Bonchev–Trinajstić information content (AvgIpc) is 2.00. The lowest BCUT2D eigenvalue weighted by Gasteiger charge is -2.16. The third kappa shape index (κ3) is 1.39. The average molecular weight is 214 g/mol. The first-order valence-electron chi connectivity index (χ1n) is 3.66. The second-order valence-corrected chi connectivity index (χ2v) is 4.13. The molecule has 0 aliphatic carbocycles. The number of hydrogen-bond acceptors (Lipinski definition) is 5. The smallest absolute Gasteiger partial charge is 0.268 e. The van der Waals surface area contributed by atoms with Gasteiger partial charge in [-0.25, -0.2) is 19.4 Å². The molecule has 1 amide bonds. The molecular weight excluding hydrogens is 208 g/mol. The molecule has 0 atom stereocenters. The number of carbonyl (C=O) groups excluding carboxylic acids is 1. The van der Waals surface area contributed by atoms with Gasteiger partial charge in [-0.15, -0.1) is 0 Å². The molecule has 2 N–H and O–H groups in total. The second-order valence-electron chi connectivity index (χ2n) is 2.72. The van der Waals surface area contributed by atoms with Crippen LogP contribution in [0, 0.1) is 6.92 Å². The van der Waals surface area contributed by atoms with E-state index in [2.05, 4.69) is 14.7 Å².